The highest BCUT2D eigenvalue weighted by atomic mass is 16.6. The molecule has 0 aliphatic heterocycles. The Morgan fingerprint density at radius 1 is 1.00 bits per heavy atom. The number of alkyl carbamates (subject to hydrolysis) is 2. The molecule has 0 radical (unpaired) electrons. The van der Waals surface area contributed by atoms with Crippen LogP contribution in [0.1, 0.15) is 40.0 Å². The van der Waals surface area contributed by atoms with E-state index in [1.54, 1.807) is 0 Å². The van der Waals surface area contributed by atoms with E-state index in [0.29, 0.717) is 0 Å². The maximum Gasteiger partial charge on any atom is 0.408 e. The number of carbonyl (C=O) groups is 2. The number of methoxy groups -OCH3 is 1. The zero-order chi connectivity index (χ0) is 13.6. The van der Waals surface area contributed by atoms with Crippen molar-refractivity contribution in [2.45, 2.75) is 56.7 Å². The summed E-state index contributed by atoms with van der Waals surface area (Å²) in [5, 5.41) is 5.68. The number of nitrogens with one attached hydrogen (secondary N) is 2. The van der Waals surface area contributed by atoms with E-state index in [4.69, 9.17) is 4.74 Å². The fourth-order valence-electron chi connectivity index (χ4n) is 2.84. The standard InChI is InChI=1S/C12H20N2O4/c1-10(2,3)18-9(16)14-12-5-11(6-12,7-12)13-8(15)17-4/h5-7H2,1-4H3,(H,13,15)(H,14,16). The van der Waals surface area contributed by atoms with Gasteiger partial charge in [-0.05, 0) is 40.0 Å². The van der Waals surface area contributed by atoms with E-state index in [-0.39, 0.29) is 11.1 Å². The van der Waals surface area contributed by atoms with Crippen molar-refractivity contribution in [1.82, 2.24) is 10.6 Å². The smallest absolute Gasteiger partial charge is 0.408 e. The van der Waals surface area contributed by atoms with Gasteiger partial charge in [0.15, 0.2) is 0 Å². The molecule has 0 unspecified atom stereocenters. The molecule has 0 atom stereocenters. The molecule has 0 heterocycles. The molecule has 2 N–H and O–H groups in total. The minimum atomic E-state index is -0.491. The highest BCUT2D eigenvalue weighted by Gasteiger charge is 2.69. The average molecular weight is 256 g/mol. The molecule has 3 rings (SSSR count). The summed E-state index contributed by atoms with van der Waals surface area (Å²) in [4.78, 5) is 22.7. The minimum absolute atomic E-state index is 0.178. The molecule has 3 aliphatic rings. The quantitative estimate of drug-likeness (QED) is 0.785. The lowest BCUT2D eigenvalue weighted by Crippen LogP contribution is -2.83. The molecule has 0 saturated heterocycles. The maximum absolute atomic E-state index is 11.6. The molecule has 2 bridgehead atoms. The Hall–Kier alpha value is -1.46. The molecule has 0 spiro atoms. The Kier molecular flexibility index (Phi) is 2.72. The van der Waals surface area contributed by atoms with Gasteiger partial charge in [-0.2, -0.15) is 0 Å². The largest absolute Gasteiger partial charge is 0.453 e. The SMILES string of the molecule is COC(=O)NC12CC(NC(=O)OC(C)(C)C)(C1)C2. The highest BCUT2D eigenvalue weighted by molar-refractivity contribution is 5.72. The second-order valence-electron chi connectivity index (χ2n) is 6.33. The maximum atomic E-state index is 11.6. The van der Waals surface area contributed by atoms with Crippen LogP contribution in [0.3, 0.4) is 0 Å². The topological polar surface area (TPSA) is 76.7 Å². The van der Waals surface area contributed by atoms with Gasteiger partial charge in [-0.15, -0.1) is 0 Å². The van der Waals surface area contributed by atoms with Crippen molar-refractivity contribution in [2.75, 3.05) is 7.11 Å². The number of amides is 2. The summed E-state index contributed by atoms with van der Waals surface area (Å²) in [6.07, 6.45) is 1.42. The Morgan fingerprint density at radius 2 is 1.44 bits per heavy atom. The van der Waals surface area contributed by atoms with E-state index < -0.39 is 17.8 Å². The summed E-state index contributed by atoms with van der Waals surface area (Å²) in [5.41, 5.74) is -0.860. The normalized spacial score (nSPS) is 32.7. The lowest BCUT2D eigenvalue weighted by Gasteiger charge is -2.69. The van der Waals surface area contributed by atoms with Gasteiger partial charge >= 0.3 is 12.2 Å². The Bertz CT molecular complexity index is 366. The molecule has 3 fully saturated rings. The summed E-state index contributed by atoms with van der Waals surface area (Å²) in [6, 6.07) is 0. The van der Waals surface area contributed by atoms with E-state index in [1.165, 1.54) is 7.11 Å². The van der Waals surface area contributed by atoms with Crippen LogP contribution in [-0.4, -0.2) is 36.0 Å². The fourth-order valence-corrected chi connectivity index (χ4v) is 2.84. The number of rotatable bonds is 2. The summed E-state index contributed by atoms with van der Waals surface area (Å²) >= 11 is 0. The van der Waals surface area contributed by atoms with E-state index in [2.05, 4.69) is 15.4 Å². The molecule has 0 aromatic carbocycles. The van der Waals surface area contributed by atoms with Gasteiger partial charge in [0.05, 0.1) is 18.2 Å². The first-order valence-electron chi connectivity index (χ1n) is 6.05. The molecule has 3 aliphatic carbocycles. The van der Waals surface area contributed by atoms with Crippen molar-refractivity contribution in [3.05, 3.63) is 0 Å². The van der Waals surface area contributed by atoms with E-state index in [9.17, 15) is 9.59 Å². The molecular weight excluding hydrogens is 236 g/mol. The first-order chi connectivity index (χ1) is 8.18. The van der Waals surface area contributed by atoms with Crippen LogP contribution >= 0.6 is 0 Å². The third-order valence-corrected chi connectivity index (χ3v) is 3.35. The Balaban J connectivity index is 1.77. The van der Waals surface area contributed by atoms with Gasteiger partial charge in [0, 0.05) is 0 Å². The second kappa shape index (κ2) is 3.76. The fraction of sp³-hybridized carbons (Fsp3) is 0.833. The van der Waals surface area contributed by atoms with Crippen LogP contribution in [0.25, 0.3) is 0 Å². The van der Waals surface area contributed by atoms with Gasteiger partial charge in [0.25, 0.3) is 0 Å². The second-order valence-corrected chi connectivity index (χ2v) is 6.33. The van der Waals surface area contributed by atoms with Gasteiger partial charge in [-0.3, -0.25) is 0 Å². The number of hydrogen-bond acceptors (Lipinski definition) is 4. The van der Waals surface area contributed by atoms with Crippen LogP contribution in [-0.2, 0) is 9.47 Å². The molecular formula is C12H20N2O4. The lowest BCUT2D eigenvalue weighted by atomic mass is 9.44. The van der Waals surface area contributed by atoms with Gasteiger partial charge in [-0.25, -0.2) is 9.59 Å². The third kappa shape index (κ3) is 2.37. The van der Waals surface area contributed by atoms with Crippen LogP contribution in [0.15, 0.2) is 0 Å². The molecule has 0 aromatic heterocycles. The van der Waals surface area contributed by atoms with Crippen molar-refractivity contribution in [2.24, 2.45) is 0 Å². The summed E-state index contributed by atoms with van der Waals surface area (Å²) in [6.45, 7) is 5.48. The molecule has 6 nitrogen and oxygen atoms in total. The monoisotopic (exact) mass is 256 g/mol. The van der Waals surface area contributed by atoms with Crippen molar-refractivity contribution in [1.29, 1.82) is 0 Å². The van der Waals surface area contributed by atoms with Crippen LogP contribution in [0.2, 0.25) is 0 Å². The molecule has 3 saturated carbocycles. The summed E-state index contributed by atoms with van der Waals surface area (Å²) < 4.78 is 9.77. The lowest BCUT2D eigenvalue weighted by molar-refractivity contribution is -0.0989. The molecule has 102 valence electrons. The van der Waals surface area contributed by atoms with Gasteiger partial charge in [-0.1, -0.05) is 0 Å². The molecule has 0 aromatic rings. The Morgan fingerprint density at radius 3 is 1.83 bits per heavy atom. The molecule has 6 heteroatoms. The van der Waals surface area contributed by atoms with Crippen LogP contribution in [0.5, 0.6) is 0 Å². The summed E-state index contributed by atoms with van der Waals surface area (Å²) in [7, 11) is 1.34. The van der Waals surface area contributed by atoms with Crippen molar-refractivity contribution >= 4 is 12.2 Å². The highest BCUT2D eigenvalue weighted by Crippen LogP contribution is 2.60. The number of carbonyl (C=O) groups excluding carboxylic acids is 2. The molecule has 18 heavy (non-hydrogen) atoms. The van der Waals surface area contributed by atoms with E-state index in [1.807, 2.05) is 20.8 Å². The van der Waals surface area contributed by atoms with Crippen molar-refractivity contribution in [3.63, 3.8) is 0 Å². The molecule has 2 amide bonds. The van der Waals surface area contributed by atoms with E-state index in [0.717, 1.165) is 19.3 Å². The third-order valence-electron chi connectivity index (χ3n) is 3.35. The van der Waals surface area contributed by atoms with Crippen LogP contribution < -0.4 is 10.6 Å². The van der Waals surface area contributed by atoms with Gasteiger partial charge in [0.2, 0.25) is 0 Å². The predicted octanol–water partition coefficient (Wildman–Crippen LogP) is 1.54. The zero-order valence-corrected chi connectivity index (χ0v) is 11.3. The zero-order valence-electron chi connectivity index (χ0n) is 11.3. The van der Waals surface area contributed by atoms with E-state index >= 15 is 0 Å². The first kappa shape index (κ1) is 13.0. The predicted molar refractivity (Wildman–Crippen MR) is 64.2 cm³/mol. The minimum Gasteiger partial charge on any atom is -0.453 e. The summed E-state index contributed by atoms with van der Waals surface area (Å²) in [5.74, 6) is 0. The average Bonchev–Trinajstić information content (AvgIpc) is 2.09. The number of ether oxygens (including phenoxy) is 2. The van der Waals surface area contributed by atoms with Crippen molar-refractivity contribution in [3.8, 4) is 0 Å². The Labute approximate surface area is 106 Å². The van der Waals surface area contributed by atoms with Crippen LogP contribution in [0.4, 0.5) is 9.59 Å². The van der Waals surface area contributed by atoms with Gasteiger partial charge in [0.1, 0.15) is 5.60 Å². The first-order valence-corrected chi connectivity index (χ1v) is 6.05. The van der Waals surface area contributed by atoms with Crippen LogP contribution in [0, 0.1) is 0 Å². The number of hydrogen-bond donors (Lipinski definition) is 2. The van der Waals surface area contributed by atoms with Crippen molar-refractivity contribution < 1.29 is 19.1 Å². The van der Waals surface area contributed by atoms with Gasteiger partial charge < -0.3 is 20.1 Å².